The van der Waals surface area contributed by atoms with Gasteiger partial charge in [0.1, 0.15) is 11.8 Å². The molecule has 0 spiro atoms. The van der Waals surface area contributed by atoms with E-state index >= 15 is 0 Å². The van der Waals surface area contributed by atoms with Crippen molar-refractivity contribution in [2.45, 2.75) is 33.4 Å². The maximum absolute atomic E-state index is 12.7. The topological polar surface area (TPSA) is 75.7 Å². The number of amides is 1. The van der Waals surface area contributed by atoms with Gasteiger partial charge in [-0.15, -0.1) is 0 Å². The van der Waals surface area contributed by atoms with Crippen LogP contribution in [0.1, 0.15) is 23.6 Å². The van der Waals surface area contributed by atoms with E-state index in [0.717, 1.165) is 22.9 Å². The highest BCUT2D eigenvalue weighted by Crippen LogP contribution is 2.26. The molecule has 1 atom stereocenters. The summed E-state index contributed by atoms with van der Waals surface area (Å²) >= 11 is 0. The molecule has 27 heavy (non-hydrogen) atoms. The molecule has 0 saturated carbocycles. The standard InChI is InChI=1S/C20H26N2O4S/c1-14-10-11-15(2)18(12-14)22(27(5,24)25)16(3)20(23)21-13-17-8-6-7-9-19(17)26-4/h6-12,16H,13H2,1-5H3,(H,21,23)/t16-/m1/s1. The first-order valence-corrected chi connectivity index (χ1v) is 10.5. The molecule has 2 aromatic rings. The predicted octanol–water partition coefficient (Wildman–Crippen LogP) is 2.78. The van der Waals surface area contributed by atoms with E-state index in [1.54, 1.807) is 20.1 Å². The van der Waals surface area contributed by atoms with Gasteiger partial charge in [0.2, 0.25) is 15.9 Å². The number of anilines is 1. The van der Waals surface area contributed by atoms with Gasteiger partial charge in [0.25, 0.3) is 0 Å². The lowest BCUT2D eigenvalue weighted by Crippen LogP contribution is -2.48. The molecule has 0 unspecified atom stereocenters. The van der Waals surface area contributed by atoms with Gasteiger partial charge in [0, 0.05) is 12.1 Å². The van der Waals surface area contributed by atoms with Crippen molar-refractivity contribution >= 4 is 21.6 Å². The second kappa shape index (κ2) is 8.43. The van der Waals surface area contributed by atoms with Gasteiger partial charge in [-0.05, 0) is 44.0 Å². The highest BCUT2D eigenvalue weighted by atomic mass is 32.2. The Hall–Kier alpha value is -2.54. The molecular weight excluding hydrogens is 364 g/mol. The van der Waals surface area contributed by atoms with Crippen LogP contribution in [0.15, 0.2) is 42.5 Å². The van der Waals surface area contributed by atoms with E-state index in [1.165, 1.54) is 4.31 Å². The molecule has 0 bridgehead atoms. The van der Waals surface area contributed by atoms with E-state index in [4.69, 9.17) is 4.74 Å². The molecule has 0 aliphatic rings. The summed E-state index contributed by atoms with van der Waals surface area (Å²) in [6, 6.07) is 12.0. The second-order valence-corrected chi connectivity index (χ2v) is 8.41. The van der Waals surface area contributed by atoms with Gasteiger partial charge in [0.15, 0.2) is 0 Å². The van der Waals surface area contributed by atoms with Gasteiger partial charge in [0.05, 0.1) is 19.1 Å². The number of carbonyl (C=O) groups is 1. The maximum Gasteiger partial charge on any atom is 0.243 e. The fraction of sp³-hybridized carbons (Fsp3) is 0.350. The van der Waals surface area contributed by atoms with Crippen LogP contribution in [0.4, 0.5) is 5.69 Å². The van der Waals surface area contributed by atoms with Gasteiger partial charge in [-0.25, -0.2) is 8.42 Å². The number of hydrogen-bond acceptors (Lipinski definition) is 4. The maximum atomic E-state index is 12.7. The van der Waals surface area contributed by atoms with Crippen molar-refractivity contribution in [3.05, 3.63) is 59.2 Å². The molecule has 1 amide bonds. The van der Waals surface area contributed by atoms with Crippen LogP contribution >= 0.6 is 0 Å². The van der Waals surface area contributed by atoms with Crippen molar-refractivity contribution in [3.8, 4) is 5.75 Å². The molecular formula is C20H26N2O4S. The van der Waals surface area contributed by atoms with E-state index in [0.29, 0.717) is 11.4 Å². The average Bonchev–Trinajstić information content (AvgIpc) is 2.61. The average molecular weight is 391 g/mol. The monoisotopic (exact) mass is 390 g/mol. The third-order valence-electron chi connectivity index (χ3n) is 4.34. The number of benzene rings is 2. The number of rotatable bonds is 7. The van der Waals surface area contributed by atoms with Crippen molar-refractivity contribution in [2.24, 2.45) is 0 Å². The summed E-state index contributed by atoms with van der Waals surface area (Å²) in [6.45, 7) is 5.54. The van der Waals surface area contributed by atoms with E-state index in [1.807, 2.05) is 50.2 Å². The number of ether oxygens (including phenoxy) is 1. The fourth-order valence-corrected chi connectivity index (χ4v) is 4.14. The third-order valence-corrected chi connectivity index (χ3v) is 5.56. The summed E-state index contributed by atoms with van der Waals surface area (Å²) in [5.74, 6) is 0.284. The summed E-state index contributed by atoms with van der Waals surface area (Å²) < 4.78 is 31.3. The summed E-state index contributed by atoms with van der Waals surface area (Å²) in [6.07, 6.45) is 1.11. The van der Waals surface area contributed by atoms with E-state index in [9.17, 15) is 13.2 Å². The molecule has 0 fully saturated rings. The highest BCUT2D eigenvalue weighted by Gasteiger charge is 2.30. The van der Waals surface area contributed by atoms with E-state index in [-0.39, 0.29) is 12.5 Å². The Labute approximate surface area is 161 Å². The zero-order valence-electron chi connectivity index (χ0n) is 16.3. The summed E-state index contributed by atoms with van der Waals surface area (Å²) in [5.41, 5.74) is 3.04. The molecule has 2 aromatic carbocycles. The van der Waals surface area contributed by atoms with Crippen LogP contribution in [-0.4, -0.2) is 33.7 Å². The van der Waals surface area contributed by atoms with Crippen LogP contribution in [0.25, 0.3) is 0 Å². The van der Waals surface area contributed by atoms with Gasteiger partial charge >= 0.3 is 0 Å². The normalized spacial score (nSPS) is 12.3. The quantitative estimate of drug-likeness (QED) is 0.789. The number of para-hydroxylation sites is 1. The summed E-state index contributed by atoms with van der Waals surface area (Å²) in [7, 11) is -2.08. The first-order valence-electron chi connectivity index (χ1n) is 8.61. The minimum atomic E-state index is -3.65. The highest BCUT2D eigenvalue weighted by molar-refractivity contribution is 7.92. The number of hydrogen-bond donors (Lipinski definition) is 1. The minimum Gasteiger partial charge on any atom is -0.496 e. The first kappa shape index (κ1) is 20.8. The zero-order chi connectivity index (χ0) is 20.2. The van der Waals surface area contributed by atoms with Crippen LogP contribution < -0.4 is 14.4 Å². The Kier molecular flexibility index (Phi) is 6.49. The number of nitrogens with zero attached hydrogens (tertiary/aromatic N) is 1. The molecule has 1 N–H and O–H groups in total. The third kappa shape index (κ3) is 5.01. The van der Waals surface area contributed by atoms with Crippen LogP contribution in [0.5, 0.6) is 5.75 Å². The van der Waals surface area contributed by atoms with Crippen molar-refractivity contribution in [2.75, 3.05) is 17.7 Å². The lowest BCUT2D eigenvalue weighted by Gasteiger charge is -2.29. The number of aryl methyl sites for hydroxylation is 2. The van der Waals surface area contributed by atoms with Gasteiger partial charge in [-0.1, -0.05) is 30.3 Å². The lowest BCUT2D eigenvalue weighted by atomic mass is 10.1. The van der Waals surface area contributed by atoms with Crippen LogP contribution in [0.3, 0.4) is 0 Å². The zero-order valence-corrected chi connectivity index (χ0v) is 17.1. The molecule has 2 rings (SSSR count). The molecule has 0 aliphatic carbocycles. The lowest BCUT2D eigenvalue weighted by molar-refractivity contribution is -0.122. The van der Waals surface area contributed by atoms with Gasteiger partial charge in [-0.3, -0.25) is 9.10 Å². The molecule has 146 valence electrons. The molecule has 0 radical (unpaired) electrons. The number of nitrogens with one attached hydrogen (secondary N) is 1. The van der Waals surface area contributed by atoms with Gasteiger partial charge < -0.3 is 10.1 Å². The Morgan fingerprint density at radius 3 is 2.48 bits per heavy atom. The van der Waals surface area contributed by atoms with Crippen LogP contribution in [0, 0.1) is 13.8 Å². The van der Waals surface area contributed by atoms with E-state index in [2.05, 4.69) is 5.32 Å². The molecule has 7 heteroatoms. The molecule has 0 saturated heterocycles. The number of sulfonamides is 1. The Balaban J connectivity index is 2.26. The molecule has 0 heterocycles. The largest absolute Gasteiger partial charge is 0.496 e. The minimum absolute atomic E-state index is 0.248. The predicted molar refractivity (Wildman–Crippen MR) is 108 cm³/mol. The Morgan fingerprint density at radius 2 is 1.85 bits per heavy atom. The molecule has 0 aliphatic heterocycles. The van der Waals surface area contributed by atoms with Crippen molar-refractivity contribution in [1.29, 1.82) is 0 Å². The molecule has 0 aromatic heterocycles. The van der Waals surface area contributed by atoms with Crippen molar-refractivity contribution in [3.63, 3.8) is 0 Å². The second-order valence-electron chi connectivity index (χ2n) is 6.55. The summed E-state index contributed by atoms with van der Waals surface area (Å²) in [5, 5.41) is 2.80. The van der Waals surface area contributed by atoms with Crippen LogP contribution in [-0.2, 0) is 21.4 Å². The smallest absolute Gasteiger partial charge is 0.243 e. The van der Waals surface area contributed by atoms with Crippen molar-refractivity contribution in [1.82, 2.24) is 5.32 Å². The first-order chi connectivity index (χ1) is 12.6. The van der Waals surface area contributed by atoms with Gasteiger partial charge in [-0.2, -0.15) is 0 Å². The van der Waals surface area contributed by atoms with Crippen LogP contribution in [0.2, 0.25) is 0 Å². The Bertz CT molecular complexity index is 925. The summed E-state index contributed by atoms with van der Waals surface area (Å²) in [4.78, 5) is 12.7. The SMILES string of the molecule is COc1ccccc1CNC(=O)[C@@H](C)N(c1cc(C)ccc1C)S(C)(=O)=O. The van der Waals surface area contributed by atoms with E-state index < -0.39 is 16.1 Å². The van der Waals surface area contributed by atoms with Crippen molar-refractivity contribution < 1.29 is 17.9 Å². The Morgan fingerprint density at radius 1 is 1.19 bits per heavy atom. The number of carbonyl (C=O) groups excluding carboxylic acids is 1. The fourth-order valence-electron chi connectivity index (χ4n) is 2.92. The molecule has 6 nitrogen and oxygen atoms in total. The number of methoxy groups -OCH3 is 1.